The lowest BCUT2D eigenvalue weighted by molar-refractivity contribution is -0.149. The second kappa shape index (κ2) is 11.5. The molecular formula is C22H34ClN3O3. The Morgan fingerprint density at radius 2 is 1.97 bits per heavy atom. The normalized spacial score (nSPS) is 24.9. The van der Waals surface area contributed by atoms with Gasteiger partial charge in [-0.25, -0.2) is 0 Å². The van der Waals surface area contributed by atoms with Gasteiger partial charge in [0.15, 0.2) is 0 Å². The zero-order valence-corrected chi connectivity index (χ0v) is 18.1. The summed E-state index contributed by atoms with van der Waals surface area (Å²) in [5, 5.41) is 0. The molecule has 0 radical (unpaired) electrons. The summed E-state index contributed by atoms with van der Waals surface area (Å²) in [4.78, 5) is 29.1. The molecule has 0 bridgehead atoms. The van der Waals surface area contributed by atoms with Crippen molar-refractivity contribution < 1.29 is 14.3 Å². The van der Waals surface area contributed by atoms with Gasteiger partial charge in [0.1, 0.15) is 0 Å². The molecule has 1 aromatic carbocycles. The van der Waals surface area contributed by atoms with Gasteiger partial charge >= 0.3 is 0 Å². The first kappa shape index (κ1) is 23.6. The van der Waals surface area contributed by atoms with Gasteiger partial charge in [0.05, 0.1) is 12.6 Å². The number of benzene rings is 1. The Balaban J connectivity index is 0.00000300. The highest BCUT2D eigenvalue weighted by molar-refractivity contribution is 5.87. The number of ether oxygens (including phenoxy) is 1. The van der Waals surface area contributed by atoms with Crippen LogP contribution in [0.3, 0.4) is 0 Å². The first-order valence-corrected chi connectivity index (χ1v) is 10.6. The number of nitrogens with two attached hydrogens (primary N) is 1. The van der Waals surface area contributed by atoms with Crippen molar-refractivity contribution in [3.05, 3.63) is 35.9 Å². The average molecular weight is 424 g/mol. The van der Waals surface area contributed by atoms with Gasteiger partial charge in [0.25, 0.3) is 0 Å². The predicted molar refractivity (Wildman–Crippen MR) is 116 cm³/mol. The quantitative estimate of drug-likeness (QED) is 0.729. The maximum atomic E-state index is 13.0. The maximum Gasteiger partial charge on any atom is 0.242 e. The number of rotatable bonds is 7. The summed E-state index contributed by atoms with van der Waals surface area (Å²) in [7, 11) is 0. The largest absolute Gasteiger partial charge is 0.377 e. The van der Waals surface area contributed by atoms with Crippen molar-refractivity contribution in [2.45, 2.75) is 51.2 Å². The third kappa shape index (κ3) is 6.43. The average Bonchev–Trinajstić information content (AvgIpc) is 2.72. The summed E-state index contributed by atoms with van der Waals surface area (Å²) in [5.41, 5.74) is 7.40. The fourth-order valence-electron chi connectivity index (χ4n) is 4.14. The first-order chi connectivity index (χ1) is 13.6. The molecule has 1 aliphatic carbocycles. The lowest BCUT2D eigenvalue weighted by atomic mass is 9.83. The van der Waals surface area contributed by atoms with Crippen molar-refractivity contribution in [3.63, 3.8) is 0 Å². The molecule has 1 heterocycles. The van der Waals surface area contributed by atoms with Gasteiger partial charge in [0.2, 0.25) is 11.8 Å². The third-order valence-electron chi connectivity index (χ3n) is 5.87. The van der Waals surface area contributed by atoms with Crippen molar-refractivity contribution in [3.8, 4) is 0 Å². The monoisotopic (exact) mass is 423 g/mol. The van der Waals surface area contributed by atoms with Gasteiger partial charge < -0.3 is 20.3 Å². The third-order valence-corrected chi connectivity index (χ3v) is 5.87. The van der Waals surface area contributed by atoms with Crippen LogP contribution in [0, 0.1) is 5.92 Å². The fraction of sp³-hybridized carbons (Fsp3) is 0.636. The number of hydrogen-bond acceptors (Lipinski definition) is 4. The van der Waals surface area contributed by atoms with E-state index in [0.717, 1.165) is 25.7 Å². The predicted octanol–water partition coefficient (Wildman–Crippen LogP) is 2.24. The smallest absolute Gasteiger partial charge is 0.242 e. The molecule has 0 unspecified atom stereocenters. The van der Waals surface area contributed by atoms with E-state index in [0.29, 0.717) is 32.7 Å². The SMILES string of the molecule is CCCO[C@@H]1C[C@@H](C(=O)N2CCN(CCc3ccccc3)C(=O)C2)CC[C@H]1N.Cl. The minimum absolute atomic E-state index is 0. The molecule has 2 amide bonds. The van der Waals surface area contributed by atoms with Crippen LogP contribution < -0.4 is 5.73 Å². The molecule has 1 aromatic rings. The highest BCUT2D eigenvalue weighted by Gasteiger charge is 2.36. The second-order valence-electron chi connectivity index (χ2n) is 7.96. The molecular weight excluding hydrogens is 390 g/mol. The first-order valence-electron chi connectivity index (χ1n) is 10.6. The van der Waals surface area contributed by atoms with Crippen LogP contribution in [-0.4, -0.2) is 66.5 Å². The molecule has 2 fully saturated rings. The molecule has 3 atom stereocenters. The lowest BCUT2D eigenvalue weighted by Gasteiger charge is -2.39. The summed E-state index contributed by atoms with van der Waals surface area (Å²) >= 11 is 0. The van der Waals surface area contributed by atoms with Crippen LogP contribution >= 0.6 is 12.4 Å². The highest BCUT2D eigenvalue weighted by Crippen LogP contribution is 2.28. The van der Waals surface area contributed by atoms with E-state index in [1.165, 1.54) is 5.56 Å². The number of nitrogens with zero attached hydrogens (tertiary/aromatic N) is 2. The van der Waals surface area contributed by atoms with E-state index < -0.39 is 0 Å². The highest BCUT2D eigenvalue weighted by atomic mass is 35.5. The van der Waals surface area contributed by atoms with Crippen molar-refractivity contribution in [1.82, 2.24) is 9.80 Å². The molecule has 0 aromatic heterocycles. The Morgan fingerprint density at radius 3 is 2.66 bits per heavy atom. The van der Waals surface area contributed by atoms with E-state index >= 15 is 0 Å². The Kier molecular flexibility index (Phi) is 9.40. The standard InChI is InChI=1S/C22H33N3O3.ClH/c1-2-14-28-20-15-18(8-9-19(20)23)22(27)25-13-12-24(21(26)16-25)11-10-17-6-4-3-5-7-17;/h3-7,18-20H,2,8-16,23H2,1H3;1H/t18-,19+,20+;/m0./s1. The van der Waals surface area contributed by atoms with Gasteiger partial charge in [0, 0.05) is 38.2 Å². The number of carbonyl (C=O) groups is 2. The molecule has 1 aliphatic heterocycles. The van der Waals surface area contributed by atoms with Crippen LogP contribution in [0.5, 0.6) is 0 Å². The molecule has 7 heteroatoms. The van der Waals surface area contributed by atoms with E-state index in [4.69, 9.17) is 10.5 Å². The van der Waals surface area contributed by atoms with Crippen LogP contribution in [0.1, 0.15) is 38.2 Å². The number of halogens is 1. The van der Waals surface area contributed by atoms with Crippen molar-refractivity contribution in [2.75, 3.05) is 32.8 Å². The van der Waals surface area contributed by atoms with Crippen LogP contribution in [-0.2, 0) is 20.7 Å². The maximum absolute atomic E-state index is 13.0. The molecule has 1 saturated heterocycles. The minimum Gasteiger partial charge on any atom is -0.377 e. The lowest BCUT2D eigenvalue weighted by Crippen LogP contribution is -2.55. The number of piperazine rings is 1. The molecule has 1 saturated carbocycles. The van der Waals surface area contributed by atoms with Crippen LogP contribution in [0.15, 0.2) is 30.3 Å². The Bertz CT molecular complexity index is 658. The second-order valence-corrected chi connectivity index (χ2v) is 7.96. The number of amides is 2. The number of hydrogen-bond donors (Lipinski definition) is 1. The number of carbonyl (C=O) groups excluding carboxylic acids is 2. The molecule has 2 aliphatic rings. The topological polar surface area (TPSA) is 75.9 Å². The van der Waals surface area contributed by atoms with Crippen molar-refractivity contribution >= 4 is 24.2 Å². The van der Waals surface area contributed by atoms with Gasteiger partial charge in [-0.15, -0.1) is 12.4 Å². The summed E-state index contributed by atoms with van der Waals surface area (Å²) in [5.74, 6) is 0.0557. The molecule has 2 N–H and O–H groups in total. The van der Waals surface area contributed by atoms with Gasteiger partial charge in [-0.1, -0.05) is 37.3 Å². The molecule has 3 rings (SSSR count). The van der Waals surface area contributed by atoms with Gasteiger partial charge in [-0.3, -0.25) is 9.59 Å². The summed E-state index contributed by atoms with van der Waals surface area (Å²) in [6, 6.07) is 10.2. The van der Waals surface area contributed by atoms with Crippen LogP contribution in [0.4, 0.5) is 0 Å². The Morgan fingerprint density at radius 1 is 1.21 bits per heavy atom. The van der Waals surface area contributed by atoms with Crippen LogP contribution in [0.25, 0.3) is 0 Å². The summed E-state index contributed by atoms with van der Waals surface area (Å²) in [6.45, 7) is 4.87. The molecule has 29 heavy (non-hydrogen) atoms. The van der Waals surface area contributed by atoms with Gasteiger partial charge in [-0.2, -0.15) is 0 Å². The van der Waals surface area contributed by atoms with E-state index in [1.807, 2.05) is 23.1 Å². The van der Waals surface area contributed by atoms with E-state index in [9.17, 15) is 9.59 Å². The van der Waals surface area contributed by atoms with Gasteiger partial charge in [-0.05, 0) is 37.7 Å². The van der Waals surface area contributed by atoms with Crippen molar-refractivity contribution in [2.24, 2.45) is 11.7 Å². The Hall–Kier alpha value is -1.63. The summed E-state index contributed by atoms with van der Waals surface area (Å²) < 4.78 is 5.85. The van der Waals surface area contributed by atoms with Crippen LogP contribution in [0.2, 0.25) is 0 Å². The zero-order chi connectivity index (χ0) is 19.9. The van der Waals surface area contributed by atoms with E-state index in [-0.39, 0.29) is 48.8 Å². The fourth-order valence-corrected chi connectivity index (χ4v) is 4.14. The summed E-state index contributed by atoms with van der Waals surface area (Å²) in [6.07, 6.45) is 4.00. The molecule has 0 spiro atoms. The Labute approximate surface area is 180 Å². The van der Waals surface area contributed by atoms with E-state index in [1.54, 1.807) is 4.90 Å². The van der Waals surface area contributed by atoms with E-state index in [2.05, 4.69) is 19.1 Å². The zero-order valence-electron chi connectivity index (χ0n) is 17.3. The molecule has 6 nitrogen and oxygen atoms in total. The van der Waals surface area contributed by atoms with Crippen molar-refractivity contribution in [1.29, 1.82) is 0 Å². The minimum atomic E-state index is -0.0784. The molecule has 162 valence electrons.